The van der Waals surface area contributed by atoms with Crippen LogP contribution in [-0.2, 0) is 11.3 Å². The van der Waals surface area contributed by atoms with Crippen LogP contribution in [0.4, 0.5) is 10.5 Å². The Morgan fingerprint density at radius 1 is 1.00 bits per heavy atom. The third-order valence-electron chi connectivity index (χ3n) is 3.75. The third-order valence-corrected chi connectivity index (χ3v) is 3.75. The maximum Gasteiger partial charge on any atom is 0.319 e. The predicted octanol–water partition coefficient (Wildman–Crippen LogP) is 2.92. The average molecular weight is 354 g/mol. The fourth-order valence-electron chi connectivity index (χ4n) is 2.43. The van der Waals surface area contributed by atoms with Crippen LogP contribution in [0.5, 0.6) is 0 Å². The van der Waals surface area contributed by atoms with E-state index >= 15 is 0 Å². The minimum Gasteiger partial charge on any atom is -0.352 e. The molecule has 0 fully saturated rings. The summed E-state index contributed by atoms with van der Waals surface area (Å²) in [4.78, 5) is 23.7. The summed E-state index contributed by atoms with van der Waals surface area (Å²) in [6, 6.07) is 16.4. The molecule has 6 heteroatoms. The monoisotopic (exact) mass is 354 g/mol. The minimum atomic E-state index is -0.317. The van der Waals surface area contributed by atoms with E-state index in [-0.39, 0.29) is 30.4 Å². The van der Waals surface area contributed by atoms with E-state index in [0.717, 1.165) is 11.1 Å². The Labute approximate surface area is 154 Å². The zero-order chi connectivity index (χ0) is 18.9. The van der Waals surface area contributed by atoms with Crippen LogP contribution in [-0.4, -0.2) is 18.0 Å². The van der Waals surface area contributed by atoms with Gasteiger partial charge in [-0.3, -0.25) is 4.79 Å². The van der Waals surface area contributed by atoms with Gasteiger partial charge in [-0.15, -0.1) is 0 Å². The van der Waals surface area contributed by atoms with Crippen molar-refractivity contribution in [3.05, 3.63) is 65.7 Å². The van der Waals surface area contributed by atoms with E-state index in [0.29, 0.717) is 12.2 Å². The van der Waals surface area contributed by atoms with Gasteiger partial charge in [0, 0.05) is 30.7 Å². The van der Waals surface area contributed by atoms with Gasteiger partial charge in [0.15, 0.2) is 0 Å². The third kappa shape index (κ3) is 6.57. The van der Waals surface area contributed by atoms with Crippen molar-refractivity contribution in [1.29, 1.82) is 0 Å². The predicted molar refractivity (Wildman–Crippen MR) is 104 cm³/mol. The molecule has 5 N–H and O–H groups in total. The maximum atomic E-state index is 12.1. The first-order chi connectivity index (χ1) is 12.4. The maximum absolute atomic E-state index is 12.1. The van der Waals surface area contributed by atoms with E-state index in [9.17, 15) is 9.59 Å². The number of rotatable bonds is 7. The second kappa shape index (κ2) is 9.58. The van der Waals surface area contributed by atoms with Gasteiger partial charge in [0.25, 0.3) is 0 Å². The zero-order valence-electron chi connectivity index (χ0n) is 15.2. The molecule has 6 nitrogen and oxygen atoms in total. The smallest absolute Gasteiger partial charge is 0.319 e. The van der Waals surface area contributed by atoms with Gasteiger partial charge in [0.05, 0.1) is 0 Å². The van der Waals surface area contributed by atoms with Crippen LogP contribution < -0.4 is 21.7 Å². The van der Waals surface area contributed by atoms with E-state index < -0.39 is 0 Å². The molecule has 0 spiro atoms. The van der Waals surface area contributed by atoms with Crippen LogP contribution in [0.25, 0.3) is 0 Å². The Balaban J connectivity index is 1.78. The summed E-state index contributed by atoms with van der Waals surface area (Å²) in [5.41, 5.74) is 8.65. The molecule has 0 heterocycles. The van der Waals surface area contributed by atoms with Crippen LogP contribution in [0.15, 0.2) is 54.6 Å². The van der Waals surface area contributed by atoms with Gasteiger partial charge in [-0.25, -0.2) is 4.79 Å². The lowest BCUT2D eigenvalue weighted by molar-refractivity contribution is -0.121. The minimum absolute atomic E-state index is 0.0757. The zero-order valence-corrected chi connectivity index (χ0v) is 15.2. The number of carbonyl (C=O) groups is 2. The lowest BCUT2D eigenvalue weighted by atomic mass is 10.0. The van der Waals surface area contributed by atoms with Crippen molar-refractivity contribution < 1.29 is 9.59 Å². The van der Waals surface area contributed by atoms with E-state index in [1.54, 1.807) is 12.1 Å². The van der Waals surface area contributed by atoms with Gasteiger partial charge >= 0.3 is 6.03 Å². The molecule has 138 valence electrons. The number of benzene rings is 2. The second-order valence-corrected chi connectivity index (χ2v) is 6.45. The van der Waals surface area contributed by atoms with Crippen LogP contribution in [0.1, 0.15) is 37.4 Å². The van der Waals surface area contributed by atoms with Crippen molar-refractivity contribution >= 4 is 17.6 Å². The van der Waals surface area contributed by atoms with Crippen molar-refractivity contribution in [2.45, 2.75) is 38.9 Å². The molecule has 0 aliphatic rings. The van der Waals surface area contributed by atoms with Crippen LogP contribution >= 0.6 is 0 Å². The number of carbonyl (C=O) groups excluding carboxylic acids is 2. The number of nitrogens with two attached hydrogens (primary N) is 1. The summed E-state index contributed by atoms with van der Waals surface area (Å²) in [5, 5.41) is 8.38. The molecule has 26 heavy (non-hydrogen) atoms. The Kier molecular flexibility index (Phi) is 7.17. The molecule has 2 aromatic carbocycles. The molecule has 3 amide bonds. The van der Waals surface area contributed by atoms with E-state index in [1.807, 2.05) is 56.3 Å². The Bertz CT molecular complexity index is 714. The highest BCUT2D eigenvalue weighted by Crippen LogP contribution is 2.13. The SMILES string of the molecule is CC(C)NC(=O)Nc1ccc(CNC(=O)CC(N)c2ccccc2)cc1. The first-order valence-electron chi connectivity index (χ1n) is 8.67. The topological polar surface area (TPSA) is 96.2 Å². The van der Waals surface area contributed by atoms with Gasteiger partial charge in [0.2, 0.25) is 5.91 Å². The first kappa shape index (κ1) is 19.5. The molecule has 0 radical (unpaired) electrons. The summed E-state index contributed by atoms with van der Waals surface area (Å²) in [6.45, 7) is 4.21. The highest BCUT2D eigenvalue weighted by molar-refractivity contribution is 5.89. The molecule has 2 aromatic rings. The van der Waals surface area contributed by atoms with Crippen molar-refractivity contribution in [3.8, 4) is 0 Å². The first-order valence-corrected chi connectivity index (χ1v) is 8.67. The number of nitrogens with one attached hydrogen (secondary N) is 3. The van der Waals surface area contributed by atoms with E-state index in [1.165, 1.54) is 0 Å². The standard InChI is InChI=1S/C20H26N4O2/c1-14(2)23-20(26)24-17-10-8-15(9-11-17)13-22-19(25)12-18(21)16-6-4-3-5-7-16/h3-11,14,18H,12-13,21H2,1-2H3,(H,22,25)(H2,23,24,26). The largest absolute Gasteiger partial charge is 0.352 e. The van der Waals surface area contributed by atoms with Gasteiger partial charge in [-0.2, -0.15) is 0 Å². The molecule has 0 saturated heterocycles. The molecule has 1 unspecified atom stereocenters. The molecule has 0 saturated carbocycles. The van der Waals surface area contributed by atoms with E-state index in [2.05, 4.69) is 16.0 Å². The number of amides is 3. The highest BCUT2D eigenvalue weighted by atomic mass is 16.2. The highest BCUT2D eigenvalue weighted by Gasteiger charge is 2.11. The molecule has 0 aliphatic carbocycles. The summed E-state index contributed by atoms with van der Waals surface area (Å²) in [6.07, 6.45) is 0.235. The van der Waals surface area contributed by atoms with Crippen LogP contribution in [0.3, 0.4) is 0 Å². The molecular weight excluding hydrogens is 328 g/mol. The van der Waals surface area contributed by atoms with Gasteiger partial charge < -0.3 is 21.7 Å². The fraction of sp³-hybridized carbons (Fsp3) is 0.300. The number of anilines is 1. The lowest BCUT2D eigenvalue weighted by Crippen LogP contribution is -2.34. The average Bonchev–Trinajstić information content (AvgIpc) is 2.61. The second-order valence-electron chi connectivity index (χ2n) is 6.45. The Morgan fingerprint density at radius 2 is 1.65 bits per heavy atom. The molecular formula is C20H26N4O2. The van der Waals surface area contributed by atoms with E-state index in [4.69, 9.17) is 5.73 Å². The van der Waals surface area contributed by atoms with Crippen LogP contribution in [0, 0.1) is 0 Å². The summed E-state index contributed by atoms with van der Waals surface area (Å²) in [5.74, 6) is -0.0973. The fourth-order valence-corrected chi connectivity index (χ4v) is 2.43. The van der Waals surface area contributed by atoms with Crippen molar-refractivity contribution in [3.63, 3.8) is 0 Å². The summed E-state index contributed by atoms with van der Waals surface area (Å²) in [7, 11) is 0. The summed E-state index contributed by atoms with van der Waals surface area (Å²) >= 11 is 0. The van der Waals surface area contributed by atoms with Crippen molar-refractivity contribution in [1.82, 2.24) is 10.6 Å². The lowest BCUT2D eigenvalue weighted by Gasteiger charge is -2.13. The quantitative estimate of drug-likeness (QED) is 0.615. The molecule has 0 aliphatic heterocycles. The van der Waals surface area contributed by atoms with Crippen molar-refractivity contribution in [2.75, 3.05) is 5.32 Å². The van der Waals surface area contributed by atoms with Gasteiger partial charge in [0.1, 0.15) is 0 Å². The number of hydrogen-bond donors (Lipinski definition) is 4. The van der Waals surface area contributed by atoms with Gasteiger partial charge in [-0.05, 0) is 37.1 Å². The van der Waals surface area contributed by atoms with Crippen molar-refractivity contribution in [2.24, 2.45) is 5.73 Å². The number of hydrogen-bond acceptors (Lipinski definition) is 3. The van der Waals surface area contributed by atoms with Crippen LogP contribution in [0.2, 0.25) is 0 Å². The molecule has 1 atom stereocenters. The van der Waals surface area contributed by atoms with Gasteiger partial charge in [-0.1, -0.05) is 42.5 Å². The normalized spacial score (nSPS) is 11.7. The molecule has 0 bridgehead atoms. The number of urea groups is 1. The molecule has 0 aromatic heterocycles. The Morgan fingerprint density at radius 3 is 2.27 bits per heavy atom. The Hall–Kier alpha value is -2.86. The molecule has 2 rings (SSSR count). The summed E-state index contributed by atoms with van der Waals surface area (Å²) < 4.78 is 0.